The van der Waals surface area contributed by atoms with Gasteiger partial charge in [-0.1, -0.05) is 61.5 Å². The lowest BCUT2D eigenvalue weighted by Crippen LogP contribution is -2.29. The molecule has 0 aromatic heterocycles. The van der Waals surface area contributed by atoms with Crippen molar-refractivity contribution in [1.29, 1.82) is 0 Å². The maximum atomic E-state index is 13.2. The second-order valence-corrected chi connectivity index (χ2v) is 7.74. The highest BCUT2D eigenvalue weighted by Crippen LogP contribution is 2.43. The molecular weight excluding hydrogens is 402 g/mol. The molecule has 162 valence electrons. The van der Waals surface area contributed by atoms with Crippen molar-refractivity contribution in [2.24, 2.45) is 0 Å². The zero-order valence-electron chi connectivity index (χ0n) is 18.1. The minimum absolute atomic E-state index is 0.0702. The molecule has 1 amide bonds. The first-order chi connectivity index (χ1) is 15.5. The van der Waals surface area contributed by atoms with Crippen LogP contribution in [0.15, 0.2) is 84.4 Å². The van der Waals surface area contributed by atoms with Crippen molar-refractivity contribution in [1.82, 2.24) is 0 Å². The summed E-state index contributed by atoms with van der Waals surface area (Å²) in [6.45, 7) is 4.49. The molecule has 0 aliphatic carbocycles. The molecule has 1 atom stereocenters. The molecule has 1 aliphatic heterocycles. The Labute approximate surface area is 187 Å². The van der Waals surface area contributed by atoms with Crippen LogP contribution in [0, 0.1) is 6.92 Å². The van der Waals surface area contributed by atoms with Gasteiger partial charge in [0.25, 0.3) is 11.7 Å². The van der Waals surface area contributed by atoms with Crippen LogP contribution in [0.5, 0.6) is 5.75 Å². The number of anilines is 1. The van der Waals surface area contributed by atoms with Gasteiger partial charge in [-0.05, 0) is 48.7 Å². The summed E-state index contributed by atoms with van der Waals surface area (Å²) in [5, 5.41) is 11.3. The fourth-order valence-electron chi connectivity index (χ4n) is 3.98. The van der Waals surface area contributed by atoms with Gasteiger partial charge < -0.3 is 9.84 Å². The molecule has 32 heavy (non-hydrogen) atoms. The van der Waals surface area contributed by atoms with Crippen LogP contribution in [0.2, 0.25) is 0 Å². The highest BCUT2D eigenvalue weighted by Gasteiger charge is 2.47. The van der Waals surface area contributed by atoms with E-state index in [9.17, 15) is 14.7 Å². The molecule has 5 nitrogen and oxygen atoms in total. The van der Waals surface area contributed by atoms with Crippen molar-refractivity contribution in [3.05, 3.63) is 101 Å². The van der Waals surface area contributed by atoms with E-state index in [-0.39, 0.29) is 11.3 Å². The molecule has 0 bridgehead atoms. The Morgan fingerprint density at radius 2 is 1.69 bits per heavy atom. The summed E-state index contributed by atoms with van der Waals surface area (Å²) in [4.78, 5) is 27.8. The van der Waals surface area contributed by atoms with E-state index in [4.69, 9.17) is 4.74 Å². The summed E-state index contributed by atoms with van der Waals surface area (Å²) >= 11 is 0. The summed E-state index contributed by atoms with van der Waals surface area (Å²) in [6, 6.07) is 22.9. The molecular formula is C27H25NO4. The zero-order chi connectivity index (χ0) is 22.7. The Morgan fingerprint density at radius 1 is 0.969 bits per heavy atom. The zero-order valence-corrected chi connectivity index (χ0v) is 18.1. The highest BCUT2D eigenvalue weighted by molar-refractivity contribution is 6.51. The van der Waals surface area contributed by atoms with Gasteiger partial charge in [0.05, 0.1) is 18.2 Å². The number of carbonyl (C=O) groups excluding carboxylic acids is 2. The predicted molar refractivity (Wildman–Crippen MR) is 125 cm³/mol. The van der Waals surface area contributed by atoms with E-state index >= 15 is 0 Å². The van der Waals surface area contributed by atoms with Gasteiger partial charge in [-0.15, -0.1) is 0 Å². The highest BCUT2D eigenvalue weighted by atomic mass is 16.5. The smallest absolute Gasteiger partial charge is 0.300 e. The Hall–Kier alpha value is -3.86. The summed E-state index contributed by atoms with van der Waals surface area (Å²) in [5.41, 5.74) is 2.81. The molecule has 1 heterocycles. The van der Waals surface area contributed by atoms with Crippen LogP contribution in [0.3, 0.4) is 0 Å². The van der Waals surface area contributed by atoms with Crippen molar-refractivity contribution < 1.29 is 19.4 Å². The summed E-state index contributed by atoms with van der Waals surface area (Å²) < 4.78 is 5.68. The third kappa shape index (κ3) is 3.89. The lowest BCUT2D eigenvalue weighted by atomic mass is 9.92. The Bertz CT molecular complexity index is 1180. The predicted octanol–water partition coefficient (Wildman–Crippen LogP) is 5.41. The second-order valence-electron chi connectivity index (χ2n) is 7.74. The number of amides is 1. The van der Waals surface area contributed by atoms with E-state index in [0.717, 1.165) is 17.5 Å². The minimum Gasteiger partial charge on any atom is -0.507 e. The summed E-state index contributed by atoms with van der Waals surface area (Å²) in [6.07, 6.45) is 0.853. The van der Waals surface area contributed by atoms with E-state index in [1.165, 1.54) is 4.90 Å². The van der Waals surface area contributed by atoms with Crippen molar-refractivity contribution in [2.75, 3.05) is 11.5 Å². The quantitative estimate of drug-likeness (QED) is 0.324. The number of ether oxygens (including phenoxy) is 1. The first-order valence-electron chi connectivity index (χ1n) is 10.7. The van der Waals surface area contributed by atoms with Gasteiger partial charge in [0.15, 0.2) is 0 Å². The van der Waals surface area contributed by atoms with Crippen LogP contribution in [0.1, 0.15) is 36.1 Å². The van der Waals surface area contributed by atoms with Gasteiger partial charge in [-0.3, -0.25) is 14.5 Å². The fourth-order valence-corrected chi connectivity index (χ4v) is 3.98. The number of nitrogens with zero attached hydrogens (tertiary/aromatic N) is 1. The first kappa shape index (κ1) is 21.4. The van der Waals surface area contributed by atoms with Crippen molar-refractivity contribution >= 4 is 23.1 Å². The molecule has 1 saturated heterocycles. The van der Waals surface area contributed by atoms with Crippen LogP contribution < -0.4 is 9.64 Å². The maximum Gasteiger partial charge on any atom is 0.300 e. The number of para-hydroxylation sites is 1. The van der Waals surface area contributed by atoms with Crippen LogP contribution in [-0.4, -0.2) is 23.4 Å². The number of hydrogen-bond acceptors (Lipinski definition) is 4. The summed E-state index contributed by atoms with van der Waals surface area (Å²) in [5.74, 6) is -0.985. The lowest BCUT2D eigenvalue weighted by Gasteiger charge is -2.26. The SMILES string of the molecule is CCCOc1cccc(/C(O)=C2\C(=O)C(=O)N(c3ccccc3)C2c2ccccc2C)c1. The van der Waals surface area contributed by atoms with Gasteiger partial charge in [0.1, 0.15) is 11.5 Å². The number of aliphatic hydroxyl groups excluding tert-OH is 1. The second kappa shape index (κ2) is 9.10. The number of aliphatic hydroxyl groups is 1. The van der Waals surface area contributed by atoms with E-state index in [0.29, 0.717) is 23.6 Å². The Morgan fingerprint density at radius 3 is 2.41 bits per heavy atom. The average molecular weight is 428 g/mol. The molecule has 1 fully saturated rings. The van der Waals surface area contributed by atoms with E-state index < -0.39 is 17.7 Å². The molecule has 3 aromatic rings. The number of hydrogen-bond donors (Lipinski definition) is 1. The monoisotopic (exact) mass is 427 g/mol. The molecule has 3 aromatic carbocycles. The third-order valence-corrected chi connectivity index (χ3v) is 5.54. The molecule has 0 spiro atoms. The number of carbonyl (C=O) groups is 2. The molecule has 1 aliphatic rings. The van der Waals surface area contributed by atoms with Crippen molar-refractivity contribution in [3.63, 3.8) is 0 Å². The van der Waals surface area contributed by atoms with Crippen molar-refractivity contribution in [3.8, 4) is 5.75 Å². The van der Waals surface area contributed by atoms with Gasteiger partial charge in [-0.2, -0.15) is 0 Å². The maximum absolute atomic E-state index is 13.2. The molecule has 1 unspecified atom stereocenters. The Balaban J connectivity index is 1.90. The van der Waals surface area contributed by atoms with Crippen LogP contribution >= 0.6 is 0 Å². The third-order valence-electron chi connectivity index (χ3n) is 5.54. The normalized spacial score (nSPS) is 17.6. The standard InChI is InChI=1S/C27H25NO4/c1-3-16-32-21-14-9-11-19(17-21)25(29)23-24(22-15-8-7-10-18(22)2)28(27(31)26(23)30)20-12-5-4-6-13-20/h4-15,17,24,29H,3,16H2,1-2H3/b25-23+. The van der Waals surface area contributed by atoms with Crippen LogP contribution in [-0.2, 0) is 9.59 Å². The minimum atomic E-state index is -0.737. The number of benzene rings is 3. The van der Waals surface area contributed by atoms with Gasteiger partial charge in [0.2, 0.25) is 0 Å². The average Bonchev–Trinajstić information content (AvgIpc) is 3.08. The largest absolute Gasteiger partial charge is 0.507 e. The number of rotatable bonds is 6. The fraction of sp³-hybridized carbons (Fsp3) is 0.185. The topological polar surface area (TPSA) is 66.8 Å². The van der Waals surface area contributed by atoms with Crippen LogP contribution in [0.4, 0.5) is 5.69 Å². The molecule has 1 N–H and O–H groups in total. The lowest BCUT2D eigenvalue weighted by molar-refractivity contribution is -0.132. The molecule has 0 saturated carbocycles. The molecule has 0 radical (unpaired) electrons. The Kier molecular flexibility index (Phi) is 6.08. The van der Waals surface area contributed by atoms with E-state index in [2.05, 4.69) is 0 Å². The summed E-state index contributed by atoms with van der Waals surface area (Å²) in [7, 11) is 0. The number of aryl methyl sites for hydroxylation is 1. The van der Waals surface area contributed by atoms with E-state index in [1.54, 1.807) is 36.4 Å². The molecule has 4 rings (SSSR count). The number of ketones is 1. The number of Topliss-reactive ketones (excluding diaryl/α,β-unsaturated/α-hetero) is 1. The van der Waals surface area contributed by atoms with Gasteiger partial charge in [0, 0.05) is 11.3 Å². The first-order valence-corrected chi connectivity index (χ1v) is 10.7. The van der Waals surface area contributed by atoms with Crippen LogP contribution in [0.25, 0.3) is 5.76 Å². The van der Waals surface area contributed by atoms with E-state index in [1.807, 2.05) is 56.3 Å². The van der Waals surface area contributed by atoms with Crippen molar-refractivity contribution in [2.45, 2.75) is 26.3 Å². The molecule has 5 heteroatoms. The van der Waals surface area contributed by atoms with Gasteiger partial charge >= 0.3 is 0 Å². The van der Waals surface area contributed by atoms with Gasteiger partial charge in [-0.25, -0.2) is 0 Å².